The molecule has 4 aromatic rings. The summed E-state index contributed by atoms with van der Waals surface area (Å²) in [5.74, 6) is 1.36. The molecule has 0 unspecified atom stereocenters. The van der Waals surface area contributed by atoms with E-state index in [1.807, 2.05) is 97.1 Å². The van der Waals surface area contributed by atoms with Gasteiger partial charge in [-0.3, -0.25) is 4.79 Å². The van der Waals surface area contributed by atoms with E-state index < -0.39 is 5.91 Å². The second-order valence-electron chi connectivity index (χ2n) is 8.42. The molecule has 0 aliphatic carbocycles. The van der Waals surface area contributed by atoms with Gasteiger partial charge in [-0.1, -0.05) is 84.9 Å². The van der Waals surface area contributed by atoms with Crippen LogP contribution in [0, 0.1) is 11.3 Å². The number of rotatable bonds is 11. The molecule has 0 bridgehead atoms. The predicted molar refractivity (Wildman–Crippen MR) is 146 cm³/mol. The van der Waals surface area contributed by atoms with Crippen molar-refractivity contribution in [2.24, 2.45) is 0 Å². The Morgan fingerprint density at radius 2 is 1.39 bits per heavy atom. The van der Waals surface area contributed by atoms with Crippen molar-refractivity contribution >= 4 is 12.0 Å². The number of nitrogens with one attached hydrogen (secondary N) is 1. The van der Waals surface area contributed by atoms with Gasteiger partial charge in [0.15, 0.2) is 11.5 Å². The van der Waals surface area contributed by atoms with E-state index in [0.29, 0.717) is 36.0 Å². The first-order valence-corrected chi connectivity index (χ1v) is 12.2. The fourth-order valence-electron chi connectivity index (χ4n) is 3.73. The molecule has 0 radical (unpaired) electrons. The second-order valence-corrected chi connectivity index (χ2v) is 8.42. The van der Waals surface area contributed by atoms with Crippen molar-refractivity contribution in [3.05, 3.63) is 131 Å². The van der Waals surface area contributed by atoms with Gasteiger partial charge in [0.05, 0.1) is 7.11 Å². The van der Waals surface area contributed by atoms with Gasteiger partial charge in [-0.25, -0.2) is 0 Å². The number of ether oxygens (including phenoxy) is 3. The maximum Gasteiger partial charge on any atom is 0.262 e. The van der Waals surface area contributed by atoms with Gasteiger partial charge in [-0.05, 0) is 41.0 Å². The molecule has 0 atom stereocenters. The SMILES string of the molecule is COc1cc(COc2ccccc2/C=C(\C#N)C(=O)NCc2ccccc2)ccc1OCc1ccccc1. The van der Waals surface area contributed by atoms with Crippen molar-refractivity contribution < 1.29 is 19.0 Å². The Balaban J connectivity index is 1.41. The van der Waals surface area contributed by atoms with Crippen molar-refractivity contribution in [2.75, 3.05) is 7.11 Å². The number of methoxy groups -OCH3 is 1. The minimum Gasteiger partial charge on any atom is -0.493 e. The molecule has 38 heavy (non-hydrogen) atoms. The van der Waals surface area contributed by atoms with E-state index in [-0.39, 0.29) is 12.2 Å². The van der Waals surface area contributed by atoms with Crippen LogP contribution < -0.4 is 19.5 Å². The standard InChI is InChI=1S/C32H28N2O4/c1-36-31-18-26(16-17-30(31)38-22-25-12-6-3-7-13-25)23-37-29-15-9-8-14-27(29)19-28(20-33)32(35)34-21-24-10-4-2-5-11-24/h2-19H,21-23H2,1H3,(H,34,35)/b28-19+. The summed E-state index contributed by atoms with van der Waals surface area (Å²) in [5.41, 5.74) is 3.53. The van der Waals surface area contributed by atoms with Crippen LogP contribution in [-0.2, 0) is 24.6 Å². The van der Waals surface area contributed by atoms with E-state index >= 15 is 0 Å². The van der Waals surface area contributed by atoms with Crippen LogP contribution in [0.4, 0.5) is 0 Å². The first-order chi connectivity index (χ1) is 18.7. The van der Waals surface area contributed by atoms with Crippen molar-refractivity contribution in [3.63, 3.8) is 0 Å². The molecule has 0 aliphatic heterocycles. The summed E-state index contributed by atoms with van der Waals surface area (Å²) in [6.07, 6.45) is 1.54. The highest BCUT2D eigenvalue weighted by atomic mass is 16.5. The van der Waals surface area contributed by atoms with Crippen LogP contribution in [0.1, 0.15) is 22.3 Å². The lowest BCUT2D eigenvalue weighted by molar-refractivity contribution is -0.117. The molecule has 4 aromatic carbocycles. The average Bonchev–Trinajstić information content (AvgIpc) is 2.98. The zero-order valence-electron chi connectivity index (χ0n) is 21.1. The largest absolute Gasteiger partial charge is 0.493 e. The fourth-order valence-corrected chi connectivity index (χ4v) is 3.73. The van der Waals surface area contributed by atoms with Gasteiger partial charge in [0, 0.05) is 12.1 Å². The van der Waals surface area contributed by atoms with Gasteiger partial charge >= 0.3 is 0 Å². The summed E-state index contributed by atoms with van der Waals surface area (Å²) in [5, 5.41) is 12.4. The minimum atomic E-state index is -0.443. The molecule has 1 N–H and O–H groups in total. The Kier molecular flexibility index (Phi) is 9.14. The van der Waals surface area contributed by atoms with E-state index in [2.05, 4.69) is 5.32 Å². The van der Waals surface area contributed by atoms with Crippen molar-refractivity contribution in [1.82, 2.24) is 5.32 Å². The van der Waals surface area contributed by atoms with Crippen molar-refractivity contribution in [2.45, 2.75) is 19.8 Å². The molecule has 4 rings (SSSR count). The number of amides is 1. The van der Waals surface area contributed by atoms with Gasteiger partial charge in [0.25, 0.3) is 5.91 Å². The predicted octanol–water partition coefficient (Wildman–Crippen LogP) is 6.08. The highest BCUT2D eigenvalue weighted by Gasteiger charge is 2.12. The molecule has 6 heteroatoms. The van der Waals surface area contributed by atoms with E-state index in [1.54, 1.807) is 19.2 Å². The second kappa shape index (κ2) is 13.3. The van der Waals surface area contributed by atoms with Crippen molar-refractivity contribution in [3.8, 4) is 23.3 Å². The van der Waals surface area contributed by atoms with E-state index in [9.17, 15) is 10.1 Å². The molecule has 0 heterocycles. The van der Waals surface area contributed by atoms with Crippen molar-refractivity contribution in [1.29, 1.82) is 5.26 Å². The third kappa shape index (κ3) is 7.25. The quantitative estimate of drug-likeness (QED) is 0.198. The average molecular weight is 505 g/mol. The maximum atomic E-state index is 12.6. The van der Waals surface area contributed by atoms with Crippen LogP contribution in [0.5, 0.6) is 17.2 Å². The number of nitriles is 1. The number of carbonyl (C=O) groups excluding carboxylic acids is 1. The van der Waals surface area contributed by atoms with Gasteiger partial charge in [0.1, 0.15) is 30.6 Å². The van der Waals surface area contributed by atoms with Gasteiger partial charge in [-0.15, -0.1) is 0 Å². The van der Waals surface area contributed by atoms with Crippen LogP contribution >= 0.6 is 0 Å². The summed E-state index contributed by atoms with van der Waals surface area (Å²) in [6, 6.07) is 34.4. The Labute approximate surface area is 222 Å². The van der Waals surface area contributed by atoms with Crippen LogP contribution in [0.2, 0.25) is 0 Å². The van der Waals surface area contributed by atoms with Gasteiger partial charge in [0.2, 0.25) is 0 Å². The molecule has 0 spiro atoms. The fraction of sp³-hybridized carbons (Fsp3) is 0.125. The van der Waals surface area contributed by atoms with Crippen LogP contribution in [0.15, 0.2) is 109 Å². The number of nitrogens with zero attached hydrogens (tertiary/aromatic N) is 1. The molecule has 0 aliphatic rings. The third-order valence-electron chi connectivity index (χ3n) is 5.74. The summed E-state index contributed by atoms with van der Waals surface area (Å²) in [7, 11) is 1.60. The first kappa shape index (κ1) is 26.1. The monoisotopic (exact) mass is 504 g/mol. The number of hydrogen-bond donors (Lipinski definition) is 1. The minimum absolute atomic E-state index is 0.00133. The zero-order chi connectivity index (χ0) is 26.6. The van der Waals surface area contributed by atoms with Crippen LogP contribution in [0.25, 0.3) is 6.08 Å². The Bertz CT molecular complexity index is 1430. The normalized spacial score (nSPS) is 10.8. The zero-order valence-corrected chi connectivity index (χ0v) is 21.1. The van der Waals surface area contributed by atoms with Crippen LogP contribution in [0.3, 0.4) is 0 Å². The van der Waals surface area contributed by atoms with Gasteiger partial charge in [-0.2, -0.15) is 5.26 Å². The van der Waals surface area contributed by atoms with Gasteiger partial charge < -0.3 is 19.5 Å². The molecule has 1 amide bonds. The number of hydrogen-bond acceptors (Lipinski definition) is 5. The smallest absolute Gasteiger partial charge is 0.262 e. The van der Waals surface area contributed by atoms with E-state index in [0.717, 1.165) is 16.7 Å². The highest BCUT2D eigenvalue weighted by molar-refractivity contribution is 6.01. The third-order valence-corrected chi connectivity index (χ3v) is 5.74. The lowest BCUT2D eigenvalue weighted by Crippen LogP contribution is -2.23. The lowest BCUT2D eigenvalue weighted by Gasteiger charge is -2.14. The first-order valence-electron chi connectivity index (χ1n) is 12.2. The lowest BCUT2D eigenvalue weighted by atomic mass is 10.1. The Morgan fingerprint density at radius 3 is 2.11 bits per heavy atom. The highest BCUT2D eigenvalue weighted by Crippen LogP contribution is 2.30. The molecule has 0 aromatic heterocycles. The maximum absolute atomic E-state index is 12.6. The topological polar surface area (TPSA) is 80.6 Å². The van der Waals surface area contributed by atoms with E-state index in [4.69, 9.17) is 14.2 Å². The summed E-state index contributed by atoms with van der Waals surface area (Å²) in [4.78, 5) is 12.6. The summed E-state index contributed by atoms with van der Waals surface area (Å²) < 4.78 is 17.5. The molecular weight excluding hydrogens is 476 g/mol. The Morgan fingerprint density at radius 1 is 0.763 bits per heavy atom. The molecule has 0 saturated heterocycles. The summed E-state index contributed by atoms with van der Waals surface area (Å²) >= 11 is 0. The molecule has 190 valence electrons. The van der Waals surface area contributed by atoms with E-state index in [1.165, 1.54) is 6.08 Å². The number of carbonyl (C=O) groups is 1. The molecular formula is C32H28N2O4. The Hall–Kier alpha value is -5.02. The summed E-state index contributed by atoms with van der Waals surface area (Å²) in [6.45, 7) is 1.04. The number of benzene rings is 4. The van der Waals surface area contributed by atoms with Crippen LogP contribution in [-0.4, -0.2) is 13.0 Å². The molecule has 0 saturated carbocycles. The number of para-hydroxylation sites is 1. The molecule has 6 nitrogen and oxygen atoms in total. The molecule has 0 fully saturated rings.